The van der Waals surface area contributed by atoms with Crippen LogP contribution in [-0.4, -0.2) is 42.3 Å². The number of hydrogen-bond acceptors (Lipinski definition) is 4. The number of carbonyl (C=O) groups is 2. The highest BCUT2D eigenvalue weighted by molar-refractivity contribution is 5.73. The minimum Gasteiger partial charge on any atom is -0.466 e. The van der Waals surface area contributed by atoms with Gasteiger partial charge in [0.15, 0.2) is 0 Å². The molecule has 0 bridgehead atoms. The molecule has 0 fully saturated rings. The Hall–Kier alpha value is -1.78. The van der Waals surface area contributed by atoms with E-state index in [0.717, 1.165) is 25.7 Å². The number of nitrogens with zero attached hydrogens (tertiary/aromatic N) is 1. The monoisotopic (exact) mass is 335 g/mol. The van der Waals surface area contributed by atoms with E-state index in [1.807, 2.05) is 27.7 Å². The average Bonchev–Trinajstić information content (AvgIpc) is 2.54. The van der Waals surface area contributed by atoms with E-state index in [0.29, 0.717) is 19.7 Å². The van der Waals surface area contributed by atoms with E-state index in [4.69, 9.17) is 9.47 Å². The Labute approximate surface area is 144 Å². The van der Waals surface area contributed by atoms with Crippen LogP contribution < -0.4 is 0 Å². The number of allylic oxidation sites excluding steroid dienone is 2. The fourth-order valence-electron chi connectivity index (χ4n) is 3.05. The summed E-state index contributed by atoms with van der Waals surface area (Å²) in [5.74, 6) is -0.0855. The molecule has 5 nitrogen and oxygen atoms in total. The van der Waals surface area contributed by atoms with Crippen molar-refractivity contribution in [3.63, 3.8) is 0 Å². The van der Waals surface area contributed by atoms with Crippen molar-refractivity contribution in [2.45, 2.75) is 59.0 Å². The van der Waals surface area contributed by atoms with Crippen LogP contribution in [0.3, 0.4) is 0 Å². The second-order valence-corrected chi connectivity index (χ2v) is 7.36. The molecule has 0 saturated carbocycles. The standard InChI is InChI=1S/C19H29NO4/c1-5-23-17(21)16-8-6-14(7-9-16)15-10-12-20(13-11-15)18(22)24-19(2,3)4/h6,10,16H,5,7-9,11-13H2,1-4H3. The van der Waals surface area contributed by atoms with Crippen LogP contribution in [0, 0.1) is 5.92 Å². The number of ether oxygens (including phenoxy) is 2. The molecule has 0 aromatic carbocycles. The van der Waals surface area contributed by atoms with Gasteiger partial charge in [0.1, 0.15) is 5.60 Å². The highest BCUT2D eigenvalue weighted by Crippen LogP contribution is 2.31. The lowest BCUT2D eigenvalue weighted by molar-refractivity contribution is -0.148. The average molecular weight is 335 g/mol. The van der Waals surface area contributed by atoms with Gasteiger partial charge in [0.2, 0.25) is 0 Å². The molecule has 0 N–H and O–H groups in total. The lowest BCUT2D eigenvalue weighted by Gasteiger charge is -2.31. The third kappa shape index (κ3) is 5.11. The smallest absolute Gasteiger partial charge is 0.410 e. The van der Waals surface area contributed by atoms with Crippen molar-refractivity contribution in [3.05, 3.63) is 23.3 Å². The molecule has 2 rings (SSSR count). The van der Waals surface area contributed by atoms with E-state index >= 15 is 0 Å². The summed E-state index contributed by atoms with van der Waals surface area (Å²) in [6.45, 7) is 9.18. The Kier molecular flexibility index (Phi) is 6.08. The Bertz CT molecular complexity index is 542. The van der Waals surface area contributed by atoms with Gasteiger partial charge in [-0.25, -0.2) is 4.79 Å². The third-order valence-corrected chi connectivity index (χ3v) is 4.30. The summed E-state index contributed by atoms with van der Waals surface area (Å²) in [5, 5.41) is 0. The zero-order chi connectivity index (χ0) is 17.7. The maximum Gasteiger partial charge on any atom is 0.410 e. The predicted octanol–water partition coefficient (Wildman–Crippen LogP) is 3.84. The van der Waals surface area contributed by atoms with Gasteiger partial charge in [-0.1, -0.05) is 12.2 Å². The quantitative estimate of drug-likeness (QED) is 0.735. The van der Waals surface area contributed by atoms with Crippen molar-refractivity contribution >= 4 is 12.1 Å². The Morgan fingerprint density at radius 2 is 1.92 bits per heavy atom. The fourth-order valence-corrected chi connectivity index (χ4v) is 3.05. The largest absolute Gasteiger partial charge is 0.466 e. The first-order valence-corrected chi connectivity index (χ1v) is 8.83. The van der Waals surface area contributed by atoms with Crippen molar-refractivity contribution in [1.29, 1.82) is 0 Å². The van der Waals surface area contributed by atoms with Crippen molar-refractivity contribution in [2.75, 3.05) is 19.7 Å². The SMILES string of the molecule is CCOC(=O)C1CC=C(C2=CCN(C(=O)OC(C)(C)C)CC2)CC1. The molecule has 1 amide bonds. The van der Waals surface area contributed by atoms with Crippen LogP contribution in [0.1, 0.15) is 53.4 Å². The Morgan fingerprint density at radius 3 is 2.42 bits per heavy atom. The van der Waals surface area contributed by atoms with E-state index < -0.39 is 5.60 Å². The van der Waals surface area contributed by atoms with Gasteiger partial charge in [-0.15, -0.1) is 0 Å². The van der Waals surface area contributed by atoms with E-state index in [1.165, 1.54) is 11.1 Å². The van der Waals surface area contributed by atoms with Crippen LogP contribution in [0.25, 0.3) is 0 Å². The molecule has 1 aliphatic carbocycles. The summed E-state index contributed by atoms with van der Waals surface area (Å²) in [4.78, 5) is 25.6. The zero-order valence-corrected chi connectivity index (χ0v) is 15.3. The molecule has 0 spiro atoms. The van der Waals surface area contributed by atoms with E-state index in [9.17, 15) is 9.59 Å². The summed E-state index contributed by atoms with van der Waals surface area (Å²) >= 11 is 0. The summed E-state index contributed by atoms with van der Waals surface area (Å²) in [6, 6.07) is 0. The van der Waals surface area contributed by atoms with E-state index in [2.05, 4.69) is 12.2 Å². The van der Waals surface area contributed by atoms with Crippen molar-refractivity contribution < 1.29 is 19.1 Å². The lowest BCUT2D eigenvalue weighted by Crippen LogP contribution is -2.39. The van der Waals surface area contributed by atoms with Crippen LogP contribution >= 0.6 is 0 Å². The summed E-state index contributed by atoms with van der Waals surface area (Å²) in [6.07, 6.45) is 7.37. The molecule has 0 radical (unpaired) electrons. The van der Waals surface area contributed by atoms with Crippen LogP contribution in [0.5, 0.6) is 0 Å². The summed E-state index contributed by atoms with van der Waals surface area (Å²) < 4.78 is 10.5. The minimum absolute atomic E-state index is 0.00356. The number of rotatable bonds is 3. The molecule has 1 heterocycles. The minimum atomic E-state index is -0.463. The second-order valence-electron chi connectivity index (χ2n) is 7.36. The van der Waals surface area contributed by atoms with E-state index in [1.54, 1.807) is 4.90 Å². The van der Waals surface area contributed by atoms with Crippen LogP contribution in [0.4, 0.5) is 4.79 Å². The van der Waals surface area contributed by atoms with E-state index in [-0.39, 0.29) is 18.0 Å². The van der Waals surface area contributed by atoms with Crippen LogP contribution in [0.15, 0.2) is 23.3 Å². The van der Waals surface area contributed by atoms with Crippen molar-refractivity contribution in [2.24, 2.45) is 5.92 Å². The van der Waals surface area contributed by atoms with Gasteiger partial charge in [-0.3, -0.25) is 4.79 Å². The maximum atomic E-state index is 12.1. The molecule has 1 unspecified atom stereocenters. The molecule has 134 valence electrons. The molecule has 24 heavy (non-hydrogen) atoms. The fraction of sp³-hybridized carbons (Fsp3) is 0.684. The topological polar surface area (TPSA) is 55.8 Å². The van der Waals surface area contributed by atoms with Gasteiger partial charge in [0.25, 0.3) is 0 Å². The third-order valence-electron chi connectivity index (χ3n) is 4.30. The van der Waals surface area contributed by atoms with Gasteiger partial charge in [0, 0.05) is 13.1 Å². The summed E-state index contributed by atoms with van der Waals surface area (Å²) in [7, 11) is 0. The molecule has 2 aliphatic rings. The molecule has 1 aliphatic heterocycles. The van der Waals surface area contributed by atoms with Gasteiger partial charge in [0.05, 0.1) is 12.5 Å². The summed E-state index contributed by atoms with van der Waals surface area (Å²) in [5.41, 5.74) is 2.16. The first-order chi connectivity index (χ1) is 11.3. The highest BCUT2D eigenvalue weighted by atomic mass is 16.6. The predicted molar refractivity (Wildman–Crippen MR) is 92.6 cm³/mol. The van der Waals surface area contributed by atoms with Gasteiger partial charge < -0.3 is 14.4 Å². The van der Waals surface area contributed by atoms with Crippen molar-refractivity contribution in [1.82, 2.24) is 4.90 Å². The second kappa shape index (κ2) is 7.86. The maximum absolute atomic E-state index is 12.1. The van der Waals surface area contributed by atoms with Gasteiger partial charge >= 0.3 is 12.1 Å². The molecule has 0 aromatic heterocycles. The molecular weight excluding hydrogens is 306 g/mol. The number of esters is 1. The number of carbonyl (C=O) groups excluding carboxylic acids is 2. The molecule has 1 atom stereocenters. The van der Waals surface area contributed by atoms with Gasteiger partial charge in [-0.2, -0.15) is 0 Å². The molecular formula is C19H29NO4. The molecule has 0 saturated heterocycles. The number of hydrogen-bond donors (Lipinski definition) is 0. The Morgan fingerprint density at radius 1 is 1.21 bits per heavy atom. The Balaban J connectivity index is 1.89. The number of amides is 1. The van der Waals surface area contributed by atoms with Crippen molar-refractivity contribution in [3.8, 4) is 0 Å². The molecule has 5 heteroatoms. The van der Waals surface area contributed by atoms with Crippen LogP contribution in [-0.2, 0) is 14.3 Å². The highest BCUT2D eigenvalue weighted by Gasteiger charge is 2.27. The normalized spacial score (nSPS) is 21.7. The lowest BCUT2D eigenvalue weighted by atomic mass is 9.85. The first kappa shape index (κ1) is 18.6. The zero-order valence-electron chi connectivity index (χ0n) is 15.3. The van der Waals surface area contributed by atoms with Crippen LogP contribution in [0.2, 0.25) is 0 Å². The first-order valence-electron chi connectivity index (χ1n) is 8.83. The van der Waals surface area contributed by atoms with Gasteiger partial charge in [-0.05, 0) is 64.5 Å². The molecule has 0 aromatic rings.